The molecule has 122 valence electrons. The van der Waals surface area contributed by atoms with Crippen LogP contribution >= 0.6 is 0 Å². The maximum atomic E-state index is 12.7. The summed E-state index contributed by atoms with van der Waals surface area (Å²) < 4.78 is 0. The molecule has 0 bridgehead atoms. The van der Waals surface area contributed by atoms with E-state index in [2.05, 4.69) is 57.0 Å². The van der Waals surface area contributed by atoms with Crippen LogP contribution in [0.15, 0.2) is 12.1 Å². The van der Waals surface area contributed by atoms with E-state index in [0.29, 0.717) is 11.8 Å². The number of carbonyl (C=O) groups excluding carboxylic acids is 1. The van der Waals surface area contributed by atoms with Gasteiger partial charge in [-0.25, -0.2) is 0 Å². The van der Waals surface area contributed by atoms with E-state index in [1.165, 1.54) is 12.0 Å². The topological polar surface area (TPSA) is 32.3 Å². The Balaban J connectivity index is 2.09. The fourth-order valence-electron chi connectivity index (χ4n) is 3.80. The van der Waals surface area contributed by atoms with Crippen molar-refractivity contribution in [1.29, 1.82) is 0 Å². The molecule has 0 spiro atoms. The molecule has 3 nitrogen and oxygen atoms in total. The van der Waals surface area contributed by atoms with Crippen molar-refractivity contribution in [3.63, 3.8) is 0 Å². The number of amides is 1. The van der Waals surface area contributed by atoms with Crippen molar-refractivity contribution < 1.29 is 4.79 Å². The number of hydrogen-bond acceptors (Lipinski definition) is 2. The summed E-state index contributed by atoms with van der Waals surface area (Å²) in [5.74, 6) is 1.44. The van der Waals surface area contributed by atoms with E-state index in [1.807, 2.05) is 6.92 Å². The minimum atomic E-state index is -0.0784. The second-order valence-electron chi connectivity index (χ2n) is 7.34. The third kappa shape index (κ3) is 3.89. The average molecular weight is 302 g/mol. The molecule has 0 radical (unpaired) electrons. The van der Waals surface area contributed by atoms with Crippen molar-refractivity contribution in [2.75, 3.05) is 18.4 Å². The zero-order valence-electron chi connectivity index (χ0n) is 14.9. The highest BCUT2D eigenvalue weighted by Crippen LogP contribution is 2.25. The van der Waals surface area contributed by atoms with Crippen molar-refractivity contribution in [2.24, 2.45) is 11.8 Å². The van der Waals surface area contributed by atoms with Crippen LogP contribution in [-0.4, -0.2) is 29.9 Å². The molecule has 1 amide bonds. The Morgan fingerprint density at radius 1 is 1.14 bits per heavy atom. The lowest BCUT2D eigenvalue weighted by Gasteiger charge is -2.38. The number of aryl methyl sites for hydroxylation is 3. The van der Waals surface area contributed by atoms with Crippen molar-refractivity contribution in [1.82, 2.24) is 4.90 Å². The summed E-state index contributed by atoms with van der Waals surface area (Å²) in [5, 5.41) is 3.15. The van der Waals surface area contributed by atoms with Gasteiger partial charge in [0.05, 0.1) is 6.04 Å². The number of anilines is 1. The molecular weight excluding hydrogens is 272 g/mol. The first kappa shape index (κ1) is 17.0. The van der Waals surface area contributed by atoms with Crippen LogP contribution in [-0.2, 0) is 4.79 Å². The molecule has 3 atom stereocenters. The van der Waals surface area contributed by atoms with Crippen LogP contribution in [0.1, 0.15) is 43.9 Å². The Kier molecular flexibility index (Phi) is 5.28. The fraction of sp³-hybridized carbons (Fsp3) is 0.632. The zero-order valence-corrected chi connectivity index (χ0v) is 14.9. The Bertz CT molecular complexity index is 519. The second-order valence-corrected chi connectivity index (χ2v) is 7.34. The van der Waals surface area contributed by atoms with Gasteiger partial charge in [-0.15, -0.1) is 0 Å². The Morgan fingerprint density at radius 3 is 2.14 bits per heavy atom. The zero-order chi connectivity index (χ0) is 16.4. The molecule has 1 aliphatic heterocycles. The number of rotatable bonds is 3. The number of carbonyl (C=O) groups is 1. The summed E-state index contributed by atoms with van der Waals surface area (Å²) in [4.78, 5) is 15.0. The molecule has 0 aliphatic carbocycles. The summed E-state index contributed by atoms with van der Waals surface area (Å²) >= 11 is 0. The standard InChI is InChI=1S/C19H30N2O/c1-12-8-15(4)18(16(5)9-12)20-19(22)17(6)21-10-13(2)7-14(3)11-21/h8-9,13-14,17H,7,10-11H2,1-6H3,(H,20,22)/t13-,14-,17-/m0/s1. The molecule has 1 heterocycles. The summed E-state index contributed by atoms with van der Waals surface area (Å²) in [5.41, 5.74) is 4.48. The van der Waals surface area contributed by atoms with Gasteiger partial charge in [-0.05, 0) is 57.1 Å². The summed E-state index contributed by atoms with van der Waals surface area (Å²) in [6, 6.07) is 4.17. The molecule has 0 saturated carbocycles. The van der Waals surface area contributed by atoms with Gasteiger partial charge < -0.3 is 5.32 Å². The summed E-state index contributed by atoms with van der Waals surface area (Å²) in [7, 11) is 0. The maximum Gasteiger partial charge on any atom is 0.241 e. The van der Waals surface area contributed by atoms with E-state index in [4.69, 9.17) is 0 Å². The number of benzene rings is 1. The van der Waals surface area contributed by atoms with Crippen LogP contribution in [0.4, 0.5) is 5.69 Å². The average Bonchev–Trinajstić information content (AvgIpc) is 2.40. The Hall–Kier alpha value is -1.35. The molecule has 1 aromatic carbocycles. The predicted molar refractivity (Wildman–Crippen MR) is 93.3 cm³/mol. The maximum absolute atomic E-state index is 12.7. The monoisotopic (exact) mass is 302 g/mol. The predicted octanol–water partition coefficient (Wildman–Crippen LogP) is 3.92. The van der Waals surface area contributed by atoms with Gasteiger partial charge in [0.1, 0.15) is 0 Å². The van der Waals surface area contributed by atoms with Gasteiger partial charge in [-0.2, -0.15) is 0 Å². The number of piperidine rings is 1. The molecule has 0 unspecified atom stereocenters. The van der Waals surface area contributed by atoms with Crippen LogP contribution in [0.5, 0.6) is 0 Å². The van der Waals surface area contributed by atoms with Crippen molar-refractivity contribution in [3.8, 4) is 0 Å². The van der Waals surface area contributed by atoms with Gasteiger partial charge in [0.25, 0.3) is 0 Å². The van der Waals surface area contributed by atoms with Gasteiger partial charge >= 0.3 is 0 Å². The third-order valence-corrected chi connectivity index (χ3v) is 4.75. The largest absolute Gasteiger partial charge is 0.324 e. The van der Waals surface area contributed by atoms with Crippen LogP contribution in [0.2, 0.25) is 0 Å². The van der Waals surface area contributed by atoms with Crippen LogP contribution in [0.3, 0.4) is 0 Å². The first-order valence-corrected chi connectivity index (χ1v) is 8.40. The highest BCUT2D eigenvalue weighted by Gasteiger charge is 2.29. The molecule has 3 heteroatoms. The smallest absolute Gasteiger partial charge is 0.241 e. The first-order chi connectivity index (χ1) is 10.3. The molecule has 2 rings (SSSR count). The van der Waals surface area contributed by atoms with E-state index in [1.54, 1.807) is 0 Å². The van der Waals surface area contributed by atoms with E-state index in [-0.39, 0.29) is 11.9 Å². The lowest BCUT2D eigenvalue weighted by atomic mass is 9.91. The lowest BCUT2D eigenvalue weighted by Crippen LogP contribution is -2.48. The quantitative estimate of drug-likeness (QED) is 0.918. The molecule has 1 saturated heterocycles. The van der Waals surface area contributed by atoms with Gasteiger partial charge in [0, 0.05) is 18.8 Å². The Labute approximate surface area is 135 Å². The molecule has 1 N–H and O–H groups in total. The van der Waals surface area contributed by atoms with Gasteiger partial charge in [0.2, 0.25) is 5.91 Å². The van der Waals surface area contributed by atoms with E-state index >= 15 is 0 Å². The molecular formula is C19H30N2O. The molecule has 22 heavy (non-hydrogen) atoms. The Morgan fingerprint density at radius 2 is 1.64 bits per heavy atom. The number of hydrogen-bond donors (Lipinski definition) is 1. The SMILES string of the molecule is Cc1cc(C)c(NC(=O)[C@H](C)N2C[C@@H](C)C[C@H](C)C2)c(C)c1. The van der Waals surface area contributed by atoms with Crippen LogP contribution in [0.25, 0.3) is 0 Å². The molecule has 0 aromatic heterocycles. The van der Waals surface area contributed by atoms with Crippen molar-refractivity contribution in [3.05, 3.63) is 28.8 Å². The van der Waals surface area contributed by atoms with E-state index in [9.17, 15) is 4.79 Å². The van der Waals surface area contributed by atoms with Gasteiger partial charge in [0.15, 0.2) is 0 Å². The highest BCUT2D eigenvalue weighted by atomic mass is 16.2. The fourth-order valence-corrected chi connectivity index (χ4v) is 3.80. The lowest BCUT2D eigenvalue weighted by molar-refractivity contribution is -0.121. The van der Waals surface area contributed by atoms with Gasteiger partial charge in [-0.1, -0.05) is 31.5 Å². The number of nitrogens with zero attached hydrogens (tertiary/aromatic N) is 1. The van der Waals surface area contributed by atoms with Crippen molar-refractivity contribution in [2.45, 2.75) is 54.0 Å². The molecule has 1 aromatic rings. The minimum Gasteiger partial charge on any atom is -0.324 e. The van der Waals surface area contributed by atoms with E-state index < -0.39 is 0 Å². The van der Waals surface area contributed by atoms with Crippen molar-refractivity contribution >= 4 is 11.6 Å². The van der Waals surface area contributed by atoms with Crippen LogP contribution < -0.4 is 5.32 Å². The number of likely N-dealkylation sites (tertiary alicyclic amines) is 1. The summed E-state index contributed by atoms with van der Waals surface area (Å²) in [6.07, 6.45) is 1.26. The number of nitrogens with one attached hydrogen (secondary N) is 1. The highest BCUT2D eigenvalue weighted by molar-refractivity contribution is 5.96. The van der Waals surface area contributed by atoms with Gasteiger partial charge in [-0.3, -0.25) is 9.69 Å². The molecule has 1 aliphatic rings. The summed E-state index contributed by atoms with van der Waals surface area (Å²) in [6.45, 7) is 14.8. The second kappa shape index (κ2) is 6.82. The third-order valence-electron chi connectivity index (χ3n) is 4.75. The van der Waals surface area contributed by atoms with E-state index in [0.717, 1.165) is 29.9 Å². The minimum absolute atomic E-state index is 0.0784. The molecule has 1 fully saturated rings. The normalized spacial score (nSPS) is 24.1. The van der Waals surface area contributed by atoms with Crippen LogP contribution in [0, 0.1) is 32.6 Å². The first-order valence-electron chi connectivity index (χ1n) is 8.40.